The zero-order valence-corrected chi connectivity index (χ0v) is 22.1. The summed E-state index contributed by atoms with van der Waals surface area (Å²) in [6.07, 6.45) is -3.04. The molecule has 1 aromatic heterocycles. The summed E-state index contributed by atoms with van der Waals surface area (Å²) in [4.78, 5) is 29.6. The van der Waals surface area contributed by atoms with Crippen molar-refractivity contribution in [3.8, 4) is 0 Å². The number of rotatable bonds is 7. The molecule has 6 nitrogen and oxygen atoms in total. The highest BCUT2D eigenvalue weighted by Gasteiger charge is 2.48. The van der Waals surface area contributed by atoms with E-state index in [0.717, 1.165) is 37.0 Å². The summed E-state index contributed by atoms with van der Waals surface area (Å²) in [7, 11) is 0. The molecule has 2 aromatic rings. The van der Waals surface area contributed by atoms with Gasteiger partial charge in [0, 0.05) is 30.9 Å². The number of hydrogen-bond donors (Lipinski definition) is 3. The van der Waals surface area contributed by atoms with Crippen LogP contribution in [0.15, 0.2) is 23.6 Å². The van der Waals surface area contributed by atoms with Gasteiger partial charge in [-0.25, -0.2) is 4.98 Å². The number of thiazole rings is 1. The molecule has 4 rings (SSSR count). The first kappa shape index (κ1) is 29.3. The smallest absolute Gasteiger partial charge is 0.351 e. The molecule has 1 heterocycles. The summed E-state index contributed by atoms with van der Waals surface area (Å²) in [5.74, 6) is -0.858. The van der Waals surface area contributed by atoms with Crippen molar-refractivity contribution in [2.24, 2.45) is 0 Å². The minimum Gasteiger partial charge on any atom is -0.351 e. The quantitative estimate of drug-likeness (QED) is 0.345. The van der Waals surface area contributed by atoms with Gasteiger partial charge < -0.3 is 16.0 Å². The van der Waals surface area contributed by atoms with E-state index in [1.165, 1.54) is 13.3 Å². The molecule has 2 aliphatic carbocycles. The predicted molar refractivity (Wildman–Crippen MR) is 134 cm³/mol. The molecule has 2 fully saturated rings. The maximum absolute atomic E-state index is 13.7. The Kier molecular flexibility index (Phi) is 8.60. The topological polar surface area (TPSA) is 83.1 Å². The van der Waals surface area contributed by atoms with E-state index < -0.39 is 41.3 Å². The van der Waals surface area contributed by atoms with Gasteiger partial charge >= 0.3 is 12.4 Å². The third-order valence-electron chi connectivity index (χ3n) is 7.40. The molecule has 0 radical (unpaired) electrons. The van der Waals surface area contributed by atoms with Gasteiger partial charge in [-0.1, -0.05) is 19.3 Å². The van der Waals surface area contributed by atoms with E-state index in [0.29, 0.717) is 48.3 Å². The minimum absolute atomic E-state index is 0.00449. The monoisotopic (exact) mass is 576 g/mol. The van der Waals surface area contributed by atoms with Crippen molar-refractivity contribution in [2.45, 2.75) is 94.7 Å². The fraction of sp³-hybridized carbons (Fsp3) is 0.577. The zero-order valence-electron chi connectivity index (χ0n) is 21.3. The molecule has 1 aromatic carbocycles. The Morgan fingerprint density at radius 2 is 1.62 bits per heavy atom. The average Bonchev–Trinajstić information content (AvgIpc) is 3.49. The number of nitrogens with zero attached hydrogens (tertiary/aromatic N) is 1. The fourth-order valence-corrected chi connectivity index (χ4v) is 6.38. The largest absolute Gasteiger partial charge is 0.416 e. The first-order valence-corrected chi connectivity index (χ1v) is 13.7. The molecule has 13 heteroatoms. The van der Waals surface area contributed by atoms with Gasteiger partial charge in [0.05, 0.1) is 22.2 Å². The second-order valence-corrected chi connectivity index (χ2v) is 11.2. The highest BCUT2D eigenvalue weighted by atomic mass is 32.1. The average molecular weight is 577 g/mol. The lowest BCUT2D eigenvalue weighted by molar-refractivity contribution is -0.143. The van der Waals surface area contributed by atoms with E-state index in [9.17, 15) is 35.9 Å². The molecule has 2 unspecified atom stereocenters. The van der Waals surface area contributed by atoms with Crippen LogP contribution >= 0.6 is 11.3 Å². The third kappa shape index (κ3) is 7.10. The molecule has 0 saturated heterocycles. The molecule has 0 bridgehead atoms. The molecular weight excluding hydrogens is 546 g/mol. The lowest BCUT2D eigenvalue weighted by Gasteiger charge is -2.29. The number of carbonyl (C=O) groups excluding carboxylic acids is 2. The summed E-state index contributed by atoms with van der Waals surface area (Å²) in [6.45, 7) is 0.810. The minimum atomic E-state index is -4.98. The number of amides is 2. The summed E-state index contributed by atoms with van der Waals surface area (Å²) in [5, 5.41) is 10.8. The third-order valence-corrected chi connectivity index (χ3v) is 8.16. The molecule has 0 aliphatic heterocycles. The number of halogens is 6. The maximum atomic E-state index is 13.7. The van der Waals surface area contributed by atoms with Gasteiger partial charge in [-0.3, -0.25) is 9.59 Å². The molecular formula is C26H30F6N4O2S. The normalized spacial score (nSPS) is 22.6. The molecule has 39 heavy (non-hydrogen) atoms. The highest BCUT2D eigenvalue weighted by Crippen LogP contribution is 2.43. The standard InChI is InChI=1S/C26H30F6N4O2S/c1-15(37)34-23-36-21(14-39-23)24(8-7-20(12-24)35-19-5-3-2-4-6-19)22(38)33-13-16-9-17(25(27,28)29)11-18(10-16)26(30,31)32/h9-11,14,19-20,35H,2-8,12-13H2,1H3,(H,33,38)(H,34,36,37). The van der Waals surface area contributed by atoms with Crippen molar-refractivity contribution in [2.75, 3.05) is 5.32 Å². The maximum Gasteiger partial charge on any atom is 0.416 e. The first-order chi connectivity index (χ1) is 18.3. The molecule has 2 atom stereocenters. The van der Waals surface area contributed by atoms with E-state index >= 15 is 0 Å². The molecule has 2 aliphatic rings. The highest BCUT2D eigenvalue weighted by molar-refractivity contribution is 7.14. The Morgan fingerprint density at radius 1 is 0.974 bits per heavy atom. The number of alkyl halides is 6. The molecule has 214 valence electrons. The fourth-order valence-electron chi connectivity index (χ4n) is 5.52. The van der Waals surface area contributed by atoms with Gasteiger partial charge in [0.2, 0.25) is 11.8 Å². The number of aromatic nitrogens is 1. The van der Waals surface area contributed by atoms with Crippen LogP contribution in [0.25, 0.3) is 0 Å². The summed E-state index contributed by atoms with van der Waals surface area (Å²) < 4.78 is 79.8. The van der Waals surface area contributed by atoms with Gasteiger partial charge in [-0.15, -0.1) is 11.3 Å². The number of carbonyl (C=O) groups is 2. The Labute approximate surface area is 226 Å². The predicted octanol–water partition coefficient (Wildman–Crippen LogP) is 6.17. The van der Waals surface area contributed by atoms with E-state index in [1.54, 1.807) is 5.38 Å². The molecule has 3 N–H and O–H groups in total. The lowest BCUT2D eigenvalue weighted by Crippen LogP contribution is -2.45. The Morgan fingerprint density at radius 3 is 2.21 bits per heavy atom. The molecule has 2 amide bonds. The van der Waals surface area contributed by atoms with Crippen molar-refractivity contribution >= 4 is 28.3 Å². The van der Waals surface area contributed by atoms with Crippen LogP contribution in [0.1, 0.15) is 80.7 Å². The van der Waals surface area contributed by atoms with Crippen LogP contribution < -0.4 is 16.0 Å². The van der Waals surface area contributed by atoms with Gasteiger partial charge in [0.1, 0.15) is 0 Å². The van der Waals surface area contributed by atoms with Gasteiger partial charge in [-0.2, -0.15) is 26.3 Å². The zero-order chi connectivity index (χ0) is 28.4. The van der Waals surface area contributed by atoms with E-state index in [2.05, 4.69) is 20.9 Å². The van der Waals surface area contributed by atoms with Crippen molar-refractivity contribution in [3.05, 3.63) is 46.0 Å². The Hall–Kier alpha value is -2.67. The van der Waals surface area contributed by atoms with E-state index in [1.807, 2.05) is 0 Å². The van der Waals surface area contributed by atoms with Gasteiger partial charge in [0.25, 0.3) is 0 Å². The summed E-state index contributed by atoms with van der Waals surface area (Å²) in [6, 6.07) is 1.61. The Balaban J connectivity index is 1.57. The SMILES string of the molecule is CC(=O)Nc1nc(C2(C(=O)NCc3cc(C(F)(F)F)cc(C(F)(F)F)c3)CCC(NC3CCCCC3)C2)cs1. The van der Waals surface area contributed by atoms with Crippen LogP contribution in [0.2, 0.25) is 0 Å². The van der Waals surface area contributed by atoms with Crippen LogP contribution in [0, 0.1) is 0 Å². The van der Waals surface area contributed by atoms with Crippen molar-refractivity contribution < 1.29 is 35.9 Å². The number of benzene rings is 1. The van der Waals surface area contributed by atoms with Crippen molar-refractivity contribution in [1.29, 1.82) is 0 Å². The number of nitrogens with one attached hydrogen (secondary N) is 3. The van der Waals surface area contributed by atoms with E-state index in [4.69, 9.17) is 0 Å². The van der Waals surface area contributed by atoms with Crippen LogP contribution in [-0.4, -0.2) is 28.9 Å². The van der Waals surface area contributed by atoms with Crippen LogP contribution in [0.3, 0.4) is 0 Å². The molecule has 2 saturated carbocycles. The lowest BCUT2D eigenvalue weighted by atomic mass is 9.81. The van der Waals surface area contributed by atoms with Crippen molar-refractivity contribution in [3.63, 3.8) is 0 Å². The second-order valence-electron chi connectivity index (χ2n) is 10.3. The Bertz CT molecular complexity index is 1160. The second kappa shape index (κ2) is 11.4. The van der Waals surface area contributed by atoms with Crippen LogP contribution in [0.5, 0.6) is 0 Å². The number of anilines is 1. The van der Waals surface area contributed by atoms with E-state index in [-0.39, 0.29) is 23.6 Å². The number of hydrogen-bond acceptors (Lipinski definition) is 5. The molecule has 0 spiro atoms. The first-order valence-electron chi connectivity index (χ1n) is 12.8. The summed E-state index contributed by atoms with van der Waals surface area (Å²) in [5.41, 5.74) is -3.91. The van der Waals surface area contributed by atoms with Gasteiger partial charge in [-0.05, 0) is 55.9 Å². The van der Waals surface area contributed by atoms with Crippen molar-refractivity contribution in [1.82, 2.24) is 15.6 Å². The van der Waals surface area contributed by atoms with Crippen LogP contribution in [-0.2, 0) is 33.9 Å². The van der Waals surface area contributed by atoms with Gasteiger partial charge in [0.15, 0.2) is 5.13 Å². The van der Waals surface area contributed by atoms with Crippen LogP contribution in [0.4, 0.5) is 31.5 Å². The summed E-state index contributed by atoms with van der Waals surface area (Å²) >= 11 is 1.15.